The van der Waals surface area contributed by atoms with Gasteiger partial charge in [0.15, 0.2) is 0 Å². The van der Waals surface area contributed by atoms with Crippen molar-refractivity contribution in [2.75, 3.05) is 17.1 Å². The molecule has 0 unspecified atom stereocenters. The highest BCUT2D eigenvalue weighted by atomic mass is 32.2. The number of amides is 1. The maximum absolute atomic E-state index is 12.5. The molecule has 2 rings (SSSR count). The molecule has 0 spiro atoms. The molecule has 0 fully saturated rings. The minimum Gasteiger partial charge on any atom is -0.495 e. The second-order valence-corrected chi connectivity index (χ2v) is 6.70. The van der Waals surface area contributed by atoms with E-state index in [1.807, 2.05) is 13.0 Å². The molecule has 7 heteroatoms. The van der Waals surface area contributed by atoms with Crippen molar-refractivity contribution < 1.29 is 17.9 Å². The van der Waals surface area contributed by atoms with Crippen LogP contribution >= 0.6 is 0 Å². The van der Waals surface area contributed by atoms with Crippen LogP contribution in [0.4, 0.5) is 11.4 Å². The van der Waals surface area contributed by atoms with Crippen molar-refractivity contribution in [2.45, 2.75) is 18.7 Å². The smallest absolute Gasteiger partial charge is 0.262 e. The third-order valence-corrected chi connectivity index (χ3v) is 4.44. The fourth-order valence-corrected chi connectivity index (χ4v) is 3.12. The summed E-state index contributed by atoms with van der Waals surface area (Å²) in [6.07, 6.45) is 0. The van der Waals surface area contributed by atoms with Crippen molar-refractivity contribution in [1.82, 2.24) is 0 Å². The molecule has 0 saturated carbocycles. The van der Waals surface area contributed by atoms with Crippen molar-refractivity contribution in [2.24, 2.45) is 0 Å². The molecular weight excluding hydrogens is 316 g/mol. The molecule has 122 valence electrons. The van der Waals surface area contributed by atoms with Crippen molar-refractivity contribution in [3.05, 3.63) is 48.0 Å². The minimum atomic E-state index is -3.75. The Bertz CT molecular complexity index is 832. The number of rotatable bonds is 5. The summed E-state index contributed by atoms with van der Waals surface area (Å²) in [6, 6.07) is 11.3. The second kappa shape index (κ2) is 6.70. The lowest BCUT2D eigenvalue weighted by molar-refractivity contribution is -0.114. The minimum absolute atomic E-state index is 0.0463. The SMILES string of the molecule is COc1cc(S(=O)(=O)Nc2cccc(C)c2)ccc1NC(C)=O. The number of aryl methyl sites for hydroxylation is 1. The van der Waals surface area contributed by atoms with E-state index in [4.69, 9.17) is 4.74 Å². The number of nitrogens with one attached hydrogen (secondary N) is 2. The molecule has 0 atom stereocenters. The normalized spacial score (nSPS) is 10.9. The number of hydrogen-bond donors (Lipinski definition) is 2. The summed E-state index contributed by atoms with van der Waals surface area (Å²) in [5, 5.41) is 2.58. The van der Waals surface area contributed by atoms with Gasteiger partial charge in [0, 0.05) is 18.7 Å². The van der Waals surface area contributed by atoms with Crippen LogP contribution in [0.5, 0.6) is 5.75 Å². The highest BCUT2D eigenvalue weighted by Crippen LogP contribution is 2.28. The lowest BCUT2D eigenvalue weighted by Crippen LogP contribution is -2.14. The molecule has 0 aliphatic heterocycles. The van der Waals surface area contributed by atoms with Crippen LogP contribution in [-0.2, 0) is 14.8 Å². The number of carbonyl (C=O) groups is 1. The molecule has 0 heterocycles. The first-order valence-corrected chi connectivity index (χ1v) is 8.35. The van der Waals surface area contributed by atoms with Crippen LogP contribution in [0.25, 0.3) is 0 Å². The topological polar surface area (TPSA) is 84.5 Å². The van der Waals surface area contributed by atoms with Crippen LogP contribution in [0, 0.1) is 6.92 Å². The van der Waals surface area contributed by atoms with E-state index in [0.717, 1.165) is 5.56 Å². The van der Waals surface area contributed by atoms with E-state index in [-0.39, 0.29) is 16.6 Å². The lowest BCUT2D eigenvalue weighted by Gasteiger charge is -2.12. The van der Waals surface area contributed by atoms with E-state index in [0.29, 0.717) is 11.4 Å². The van der Waals surface area contributed by atoms with Gasteiger partial charge in [0.2, 0.25) is 5.91 Å². The number of sulfonamides is 1. The average molecular weight is 334 g/mol. The van der Waals surface area contributed by atoms with Gasteiger partial charge < -0.3 is 10.1 Å². The van der Waals surface area contributed by atoms with Gasteiger partial charge >= 0.3 is 0 Å². The molecule has 2 aromatic rings. The maximum atomic E-state index is 12.5. The first kappa shape index (κ1) is 16.8. The Kier molecular flexibility index (Phi) is 4.90. The van der Waals surface area contributed by atoms with Gasteiger partial charge in [-0.2, -0.15) is 0 Å². The molecular formula is C16H18N2O4S. The van der Waals surface area contributed by atoms with Crippen LogP contribution in [0.3, 0.4) is 0 Å². The lowest BCUT2D eigenvalue weighted by atomic mass is 10.2. The van der Waals surface area contributed by atoms with Crippen LogP contribution in [0.1, 0.15) is 12.5 Å². The van der Waals surface area contributed by atoms with Crippen LogP contribution in [-0.4, -0.2) is 21.4 Å². The van der Waals surface area contributed by atoms with Gasteiger partial charge in [0.05, 0.1) is 17.7 Å². The van der Waals surface area contributed by atoms with Crippen molar-refractivity contribution in [3.63, 3.8) is 0 Å². The van der Waals surface area contributed by atoms with Gasteiger partial charge in [-0.1, -0.05) is 12.1 Å². The Balaban J connectivity index is 2.34. The summed E-state index contributed by atoms with van der Waals surface area (Å²) in [5.41, 5.74) is 1.84. The van der Waals surface area contributed by atoms with Gasteiger partial charge in [0.1, 0.15) is 5.75 Å². The quantitative estimate of drug-likeness (QED) is 0.880. The molecule has 0 aliphatic rings. The van der Waals surface area contributed by atoms with Crippen LogP contribution < -0.4 is 14.8 Å². The zero-order chi connectivity index (χ0) is 17.0. The number of ether oxygens (including phenoxy) is 1. The monoisotopic (exact) mass is 334 g/mol. The van der Waals surface area contributed by atoms with Crippen molar-refractivity contribution >= 4 is 27.3 Å². The molecule has 23 heavy (non-hydrogen) atoms. The molecule has 0 bridgehead atoms. The number of anilines is 2. The van der Waals surface area contributed by atoms with Crippen molar-refractivity contribution in [3.8, 4) is 5.75 Å². The molecule has 2 aromatic carbocycles. The summed E-state index contributed by atoms with van der Waals surface area (Å²) in [7, 11) is -2.34. The Morgan fingerprint density at radius 3 is 2.48 bits per heavy atom. The highest BCUT2D eigenvalue weighted by Gasteiger charge is 2.17. The number of carbonyl (C=O) groups excluding carboxylic acids is 1. The predicted octanol–water partition coefficient (Wildman–Crippen LogP) is 2.76. The van der Waals surface area contributed by atoms with Gasteiger partial charge in [0.25, 0.3) is 10.0 Å². The zero-order valence-corrected chi connectivity index (χ0v) is 13.9. The Morgan fingerprint density at radius 2 is 1.87 bits per heavy atom. The zero-order valence-electron chi connectivity index (χ0n) is 13.1. The second-order valence-electron chi connectivity index (χ2n) is 5.02. The van der Waals surface area contributed by atoms with E-state index in [1.54, 1.807) is 18.2 Å². The summed E-state index contributed by atoms with van der Waals surface area (Å²) in [4.78, 5) is 11.2. The van der Waals surface area contributed by atoms with Gasteiger partial charge in [-0.05, 0) is 36.8 Å². The Labute approximate surface area is 135 Å². The summed E-state index contributed by atoms with van der Waals surface area (Å²) < 4.78 is 32.6. The maximum Gasteiger partial charge on any atom is 0.262 e. The third-order valence-electron chi connectivity index (χ3n) is 3.06. The number of methoxy groups -OCH3 is 1. The Morgan fingerprint density at radius 1 is 1.13 bits per heavy atom. The van der Waals surface area contributed by atoms with Gasteiger partial charge in [-0.25, -0.2) is 8.42 Å². The molecule has 0 radical (unpaired) electrons. The van der Waals surface area contributed by atoms with Crippen molar-refractivity contribution in [1.29, 1.82) is 0 Å². The third kappa shape index (κ3) is 4.23. The fourth-order valence-electron chi connectivity index (χ4n) is 2.05. The first-order chi connectivity index (χ1) is 10.8. The fraction of sp³-hybridized carbons (Fsp3) is 0.188. The first-order valence-electron chi connectivity index (χ1n) is 6.87. The molecule has 1 amide bonds. The van der Waals surface area contributed by atoms with Gasteiger partial charge in [-0.3, -0.25) is 9.52 Å². The molecule has 0 aliphatic carbocycles. The van der Waals surface area contributed by atoms with Gasteiger partial charge in [-0.15, -0.1) is 0 Å². The summed E-state index contributed by atoms with van der Waals surface area (Å²) in [6.45, 7) is 3.24. The van der Waals surface area contributed by atoms with E-state index < -0.39 is 10.0 Å². The molecule has 2 N–H and O–H groups in total. The van der Waals surface area contributed by atoms with Crippen LogP contribution in [0.2, 0.25) is 0 Å². The highest BCUT2D eigenvalue weighted by molar-refractivity contribution is 7.92. The van der Waals surface area contributed by atoms with E-state index in [1.165, 1.54) is 32.2 Å². The summed E-state index contributed by atoms with van der Waals surface area (Å²) in [5.74, 6) is 0.00381. The average Bonchev–Trinajstić information content (AvgIpc) is 2.46. The number of benzene rings is 2. The van der Waals surface area contributed by atoms with E-state index >= 15 is 0 Å². The standard InChI is InChI=1S/C16H18N2O4S/c1-11-5-4-6-13(9-11)18-23(20,21)14-7-8-15(17-12(2)19)16(10-14)22-3/h4-10,18H,1-3H3,(H,17,19). The number of hydrogen-bond acceptors (Lipinski definition) is 4. The van der Waals surface area contributed by atoms with E-state index in [9.17, 15) is 13.2 Å². The van der Waals surface area contributed by atoms with E-state index in [2.05, 4.69) is 10.0 Å². The Hall–Kier alpha value is -2.54. The molecule has 0 saturated heterocycles. The molecule has 6 nitrogen and oxygen atoms in total. The predicted molar refractivity (Wildman–Crippen MR) is 89.3 cm³/mol. The largest absolute Gasteiger partial charge is 0.495 e. The summed E-state index contributed by atoms with van der Waals surface area (Å²) >= 11 is 0. The molecule has 0 aromatic heterocycles. The van der Waals surface area contributed by atoms with Crippen LogP contribution in [0.15, 0.2) is 47.4 Å².